The standard InChI is InChI=1S/C19H11F2N3/c20-13-8-9-15(21)14(10-13)17-6-3-7-18(23-17)19-22-11-12-4-1-2-5-16(12)24-19/h1-11H. The SMILES string of the molecule is Fc1ccc(F)c(-c2cccc(-c3ncc4ccccc4n3)n2)c1. The highest BCUT2D eigenvalue weighted by atomic mass is 19.1. The number of hydrogen-bond acceptors (Lipinski definition) is 3. The van der Waals surface area contributed by atoms with Gasteiger partial charge in [-0.05, 0) is 36.4 Å². The quantitative estimate of drug-likeness (QED) is 0.540. The Hall–Kier alpha value is -3.21. The lowest BCUT2D eigenvalue weighted by Crippen LogP contribution is -1.95. The second-order valence-corrected chi connectivity index (χ2v) is 5.28. The van der Waals surface area contributed by atoms with Gasteiger partial charge in [-0.25, -0.2) is 23.7 Å². The van der Waals surface area contributed by atoms with Gasteiger partial charge in [0.2, 0.25) is 0 Å². The molecular weight excluding hydrogens is 308 g/mol. The summed E-state index contributed by atoms with van der Waals surface area (Å²) < 4.78 is 27.4. The van der Waals surface area contributed by atoms with Gasteiger partial charge in [0.05, 0.1) is 11.2 Å². The molecule has 0 amide bonds. The summed E-state index contributed by atoms with van der Waals surface area (Å²) in [4.78, 5) is 13.2. The molecular formula is C19H11F2N3. The summed E-state index contributed by atoms with van der Waals surface area (Å²) in [6, 6.07) is 16.0. The molecule has 0 fully saturated rings. The van der Waals surface area contributed by atoms with Crippen molar-refractivity contribution in [3.63, 3.8) is 0 Å². The molecule has 0 aliphatic rings. The van der Waals surface area contributed by atoms with Gasteiger partial charge < -0.3 is 0 Å². The normalized spacial score (nSPS) is 10.9. The maximum absolute atomic E-state index is 14.0. The summed E-state index contributed by atoms with van der Waals surface area (Å²) in [6.45, 7) is 0. The number of para-hydroxylation sites is 1. The van der Waals surface area contributed by atoms with Gasteiger partial charge >= 0.3 is 0 Å². The smallest absolute Gasteiger partial charge is 0.178 e. The largest absolute Gasteiger partial charge is 0.244 e. The lowest BCUT2D eigenvalue weighted by molar-refractivity contribution is 0.602. The van der Waals surface area contributed by atoms with Crippen molar-refractivity contribution in [2.24, 2.45) is 0 Å². The Morgan fingerprint density at radius 1 is 0.750 bits per heavy atom. The Balaban J connectivity index is 1.83. The minimum absolute atomic E-state index is 0.109. The topological polar surface area (TPSA) is 38.7 Å². The van der Waals surface area contributed by atoms with Crippen LogP contribution in [-0.4, -0.2) is 15.0 Å². The summed E-state index contributed by atoms with van der Waals surface area (Å²) in [5.74, 6) is -0.603. The molecule has 116 valence electrons. The van der Waals surface area contributed by atoms with E-state index in [4.69, 9.17) is 0 Å². The molecule has 2 heterocycles. The van der Waals surface area contributed by atoms with E-state index in [1.807, 2.05) is 24.3 Å². The highest BCUT2D eigenvalue weighted by Crippen LogP contribution is 2.24. The zero-order valence-corrected chi connectivity index (χ0v) is 12.4. The van der Waals surface area contributed by atoms with Crippen LogP contribution < -0.4 is 0 Å². The van der Waals surface area contributed by atoms with E-state index in [0.717, 1.165) is 29.1 Å². The van der Waals surface area contributed by atoms with Gasteiger partial charge in [0, 0.05) is 17.1 Å². The maximum Gasteiger partial charge on any atom is 0.178 e. The fraction of sp³-hybridized carbons (Fsp3) is 0. The van der Waals surface area contributed by atoms with Crippen LogP contribution >= 0.6 is 0 Å². The van der Waals surface area contributed by atoms with Crippen LogP contribution in [0.3, 0.4) is 0 Å². The maximum atomic E-state index is 14.0. The van der Waals surface area contributed by atoms with Crippen LogP contribution in [0, 0.1) is 11.6 Å². The second kappa shape index (κ2) is 5.77. The average Bonchev–Trinajstić information content (AvgIpc) is 2.63. The Bertz CT molecular complexity index is 1050. The number of aromatic nitrogens is 3. The van der Waals surface area contributed by atoms with E-state index in [1.54, 1.807) is 24.4 Å². The molecule has 2 aromatic carbocycles. The summed E-state index contributed by atoms with van der Waals surface area (Å²) in [6.07, 6.45) is 1.72. The summed E-state index contributed by atoms with van der Waals surface area (Å²) in [5.41, 5.74) is 1.74. The first kappa shape index (κ1) is 14.4. The van der Waals surface area contributed by atoms with Gasteiger partial charge in [-0.15, -0.1) is 0 Å². The van der Waals surface area contributed by atoms with E-state index in [-0.39, 0.29) is 5.56 Å². The molecule has 0 radical (unpaired) electrons. The highest BCUT2D eigenvalue weighted by Gasteiger charge is 2.11. The number of halogens is 2. The number of pyridine rings is 1. The number of fused-ring (bicyclic) bond motifs is 1. The summed E-state index contributed by atoms with van der Waals surface area (Å²) in [5, 5.41) is 0.925. The monoisotopic (exact) mass is 319 g/mol. The predicted octanol–water partition coefficient (Wildman–Crippen LogP) is 4.64. The number of rotatable bonds is 2. The van der Waals surface area contributed by atoms with Gasteiger partial charge in [-0.3, -0.25) is 0 Å². The van der Waals surface area contributed by atoms with Crippen molar-refractivity contribution < 1.29 is 8.78 Å². The summed E-state index contributed by atoms with van der Waals surface area (Å²) >= 11 is 0. The molecule has 0 atom stereocenters. The van der Waals surface area contributed by atoms with Gasteiger partial charge in [0.15, 0.2) is 5.82 Å². The van der Waals surface area contributed by atoms with E-state index in [1.165, 1.54) is 0 Å². The van der Waals surface area contributed by atoms with Gasteiger partial charge in [-0.1, -0.05) is 24.3 Å². The first-order valence-electron chi connectivity index (χ1n) is 7.35. The van der Waals surface area contributed by atoms with E-state index in [9.17, 15) is 8.78 Å². The van der Waals surface area contributed by atoms with Crippen molar-refractivity contribution >= 4 is 10.9 Å². The third kappa shape index (κ3) is 2.60. The van der Waals surface area contributed by atoms with Crippen molar-refractivity contribution in [2.75, 3.05) is 0 Å². The van der Waals surface area contributed by atoms with Crippen LogP contribution in [0.5, 0.6) is 0 Å². The molecule has 0 spiro atoms. The van der Waals surface area contributed by atoms with Crippen molar-refractivity contribution in [3.8, 4) is 22.8 Å². The Kier molecular flexibility index (Phi) is 3.46. The van der Waals surface area contributed by atoms with E-state index >= 15 is 0 Å². The van der Waals surface area contributed by atoms with Gasteiger partial charge in [0.25, 0.3) is 0 Å². The number of nitrogens with zero attached hydrogens (tertiary/aromatic N) is 3. The van der Waals surface area contributed by atoms with E-state index < -0.39 is 11.6 Å². The first-order valence-corrected chi connectivity index (χ1v) is 7.35. The molecule has 0 N–H and O–H groups in total. The molecule has 4 aromatic rings. The minimum Gasteiger partial charge on any atom is -0.244 e. The molecule has 0 saturated heterocycles. The molecule has 0 saturated carbocycles. The Labute approximate surface area is 136 Å². The van der Waals surface area contributed by atoms with Crippen LogP contribution in [0.15, 0.2) is 66.9 Å². The molecule has 24 heavy (non-hydrogen) atoms. The first-order chi connectivity index (χ1) is 11.7. The summed E-state index contributed by atoms with van der Waals surface area (Å²) in [7, 11) is 0. The van der Waals surface area contributed by atoms with Crippen molar-refractivity contribution in [1.29, 1.82) is 0 Å². The molecule has 5 heteroatoms. The zero-order valence-electron chi connectivity index (χ0n) is 12.4. The van der Waals surface area contributed by atoms with Crippen molar-refractivity contribution in [3.05, 3.63) is 78.5 Å². The second-order valence-electron chi connectivity index (χ2n) is 5.28. The molecule has 4 rings (SSSR count). The van der Waals surface area contributed by atoms with Crippen LogP contribution in [0.4, 0.5) is 8.78 Å². The van der Waals surface area contributed by atoms with Crippen LogP contribution in [-0.2, 0) is 0 Å². The molecule has 0 bridgehead atoms. The van der Waals surface area contributed by atoms with Crippen LogP contribution in [0.1, 0.15) is 0 Å². The zero-order chi connectivity index (χ0) is 16.5. The Morgan fingerprint density at radius 2 is 1.58 bits per heavy atom. The minimum atomic E-state index is -0.527. The fourth-order valence-corrected chi connectivity index (χ4v) is 2.50. The van der Waals surface area contributed by atoms with E-state index in [2.05, 4.69) is 15.0 Å². The molecule has 0 aliphatic heterocycles. The average molecular weight is 319 g/mol. The number of benzene rings is 2. The lowest BCUT2D eigenvalue weighted by atomic mass is 10.1. The molecule has 0 aliphatic carbocycles. The predicted molar refractivity (Wildman–Crippen MR) is 88.1 cm³/mol. The third-order valence-corrected chi connectivity index (χ3v) is 3.67. The fourth-order valence-electron chi connectivity index (χ4n) is 2.50. The number of hydrogen-bond donors (Lipinski definition) is 0. The van der Waals surface area contributed by atoms with Crippen molar-refractivity contribution in [1.82, 2.24) is 15.0 Å². The van der Waals surface area contributed by atoms with Crippen molar-refractivity contribution in [2.45, 2.75) is 0 Å². The van der Waals surface area contributed by atoms with Crippen LogP contribution in [0.2, 0.25) is 0 Å². The highest BCUT2D eigenvalue weighted by molar-refractivity contribution is 5.79. The molecule has 0 unspecified atom stereocenters. The van der Waals surface area contributed by atoms with Gasteiger partial charge in [0.1, 0.15) is 17.3 Å². The van der Waals surface area contributed by atoms with E-state index in [0.29, 0.717) is 17.2 Å². The Morgan fingerprint density at radius 3 is 2.50 bits per heavy atom. The lowest BCUT2D eigenvalue weighted by Gasteiger charge is -2.06. The van der Waals surface area contributed by atoms with Crippen LogP contribution in [0.25, 0.3) is 33.7 Å². The molecule has 2 aromatic heterocycles. The van der Waals surface area contributed by atoms with Gasteiger partial charge in [-0.2, -0.15) is 0 Å². The third-order valence-electron chi connectivity index (χ3n) is 3.67. The molecule has 3 nitrogen and oxygen atoms in total.